The predicted molar refractivity (Wildman–Crippen MR) is 79.6 cm³/mol. The third-order valence-electron chi connectivity index (χ3n) is 3.77. The highest BCUT2D eigenvalue weighted by Crippen LogP contribution is 2.19. The van der Waals surface area contributed by atoms with Gasteiger partial charge in [0.15, 0.2) is 0 Å². The number of carbonyl (C=O) groups excluding carboxylic acids is 1. The Balaban J connectivity index is 2.50. The van der Waals surface area contributed by atoms with Gasteiger partial charge in [-0.15, -0.1) is 0 Å². The first-order valence-corrected chi connectivity index (χ1v) is 8.72. The van der Waals surface area contributed by atoms with Gasteiger partial charge in [0.2, 0.25) is 15.9 Å². The van der Waals surface area contributed by atoms with Gasteiger partial charge < -0.3 is 11.1 Å². The molecule has 1 rings (SSSR count). The first-order valence-electron chi connectivity index (χ1n) is 7.11. The zero-order chi connectivity index (χ0) is 15.6. The van der Waals surface area contributed by atoms with Crippen LogP contribution in [0.5, 0.6) is 0 Å². The summed E-state index contributed by atoms with van der Waals surface area (Å²) in [6.07, 6.45) is 1.28. The summed E-state index contributed by atoms with van der Waals surface area (Å²) < 4.78 is 25.0. The number of carbonyl (C=O) groups is 1. The number of nitrogens with two attached hydrogens (primary N) is 1. The lowest BCUT2D eigenvalue weighted by Crippen LogP contribution is -2.54. The van der Waals surface area contributed by atoms with Gasteiger partial charge in [0, 0.05) is 19.1 Å². The monoisotopic (exact) mass is 305 g/mol. The van der Waals surface area contributed by atoms with Gasteiger partial charge in [-0.25, -0.2) is 12.7 Å². The van der Waals surface area contributed by atoms with Gasteiger partial charge >= 0.3 is 0 Å². The molecule has 1 fully saturated rings. The van der Waals surface area contributed by atoms with E-state index in [9.17, 15) is 13.2 Å². The van der Waals surface area contributed by atoms with E-state index in [1.807, 2.05) is 20.8 Å². The average Bonchev–Trinajstić information content (AvgIpc) is 2.37. The molecule has 0 aliphatic carbocycles. The molecule has 0 aromatic rings. The summed E-state index contributed by atoms with van der Waals surface area (Å²) in [6.45, 7) is 8.35. The summed E-state index contributed by atoms with van der Waals surface area (Å²) in [5, 5.41) is 2.93. The van der Waals surface area contributed by atoms with Gasteiger partial charge in [0.05, 0.1) is 11.8 Å². The van der Waals surface area contributed by atoms with Gasteiger partial charge in [-0.1, -0.05) is 20.8 Å². The van der Waals surface area contributed by atoms with E-state index < -0.39 is 16.1 Å². The highest BCUT2D eigenvalue weighted by atomic mass is 32.2. The molecule has 1 aliphatic heterocycles. The molecule has 1 unspecified atom stereocenters. The molecule has 1 amide bonds. The van der Waals surface area contributed by atoms with Gasteiger partial charge in [-0.3, -0.25) is 4.79 Å². The zero-order valence-corrected chi connectivity index (χ0v) is 13.7. The van der Waals surface area contributed by atoms with Crippen LogP contribution in [0.25, 0.3) is 0 Å². The van der Waals surface area contributed by atoms with Crippen LogP contribution >= 0.6 is 0 Å². The molecule has 1 heterocycles. The zero-order valence-electron chi connectivity index (χ0n) is 12.8. The normalized spacial score (nSPS) is 20.6. The van der Waals surface area contributed by atoms with Gasteiger partial charge in [-0.2, -0.15) is 0 Å². The predicted octanol–water partition coefficient (Wildman–Crippen LogP) is 0.290. The third kappa shape index (κ3) is 4.43. The highest BCUT2D eigenvalue weighted by molar-refractivity contribution is 7.89. The van der Waals surface area contributed by atoms with Crippen molar-refractivity contribution in [3.8, 4) is 0 Å². The van der Waals surface area contributed by atoms with Crippen molar-refractivity contribution in [2.75, 3.05) is 18.8 Å². The summed E-state index contributed by atoms with van der Waals surface area (Å²) in [7, 11) is -3.12. The molecule has 0 saturated carbocycles. The molecule has 0 spiro atoms. The van der Waals surface area contributed by atoms with Gasteiger partial charge in [0.25, 0.3) is 0 Å². The van der Waals surface area contributed by atoms with Crippen molar-refractivity contribution in [3.63, 3.8) is 0 Å². The molecule has 7 heteroatoms. The van der Waals surface area contributed by atoms with Gasteiger partial charge in [-0.05, 0) is 25.2 Å². The average molecular weight is 305 g/mol. The Morgan fingerprint density at radius 2 is 1.85 bits per heavy atom. The van der Waals surface area contributed by atoms with Crippen LogP contribution in [0.1, 0.15) is 40.5 Å². The summed E-state index contributed by atoms with van der Waals surface area (Å²) >= 11 is 0. The number of rotatable bonds is 4. The fourth-order valence-corrected chi connectivity index (χ4v) is 3.28. The second kappa shape index (κ2) is 6.41. The molecule has 0 radical (unpaired) electrons. The van der Waals surface area contributed by atoms with E-state index in [-0.39, 0.29) is 23.1 Å². The summed E-state index contributed by atoms with van der Waals surface area (Å²) in [4.78, 5) is 12.0. The molecule has 20 heavy (non-hydrogen) atoms. The van der Waals surface area contributed by atoms with E-state index in [1.165, 1.54) is 4.31 Å². The van der Waals surface area contributed by atoms with Crippen LogP contribution < -0.4 is 11.1 Å². The van der Waals surface area contributed by atoms with Crippen LogP contribution in [0.15, 0.2) is 0 Å². The minimum Gasteiger partial charge on any atom is -0.352 e. The minimum atomic E-state index is -3.12. The van der Waals surface area contributed by atoms with Crippen LogP contribution in [-0.2, 0) is 14.8 Å². The van der Waals surface area contributed by atoms with Crippen molar-refractivity contribution in [1.82, 2.24) is 9.62 Å². The molecule has 1 atom stereocenters. The van der Waals surface area contributed by atoms with Crippen molar-refractivity contribution >= 4 is 15.9 Å². The van der Waals surface area contributed by atoms with E-state index in [0.29, 0.717) is 25.9 Å². The Bertz CT molecular complexity index is 434. The fourth-order valence-electron chi connectivity index (χ4n) is 2.15. The lowest BCUT2D eigenvalue weighted by Gasteiger charge is -2.33. The van der Waals surface area contributed by atoms with Crippen LogP contribution in [0.2, 0.25) is 0 Å². The Labute approximate surface area is 122 Å². The van der Waals surface area contributed by atoms with Crippen LogP contribution in [0.3, 0.4) is 0 Å². The van der Waals surface area contributed by atoms with Crippen LogP contribution in [-0.4, -0.2) is 49.6 Å². The Morgan fingerprint density at radius 1 is 1.35 bits per heavy atom. The topological polar surface area (TPSA) is 92.5 Å². The maximum atomic E-state index is 12.0. The first-order chi connectivity index (χ1) is 9.08. The first kappa shape index (κ1) is 17.4. The van der Waals surface area contributed by atoms with Crippen molar-refractivity contribution < 1.29 is 13.2 Å². The number of hydrogen-bond donors (Lipinski definition) is 2. The molecule has 3 N–H and O–H groups in total. The third-order valence-corrected chi connectivity index (χ3v) is 5.66. The lowest BCUT2D eigenvalue weighted by atomic mass is 9.86. The lowest BCUT2D eigenvalue weighted by molar-refractivity contribution is -0.125. The van der Waals surface area contributed by atoms with E-state index in [4.69, 9.17) is 5.73 Å². The van der Waals surface area contributed by atoms with Crippen LogP contribution in [0, 0.1) is 5.41 Å². The second-order valence-electron chi connectivity index (χ2n) is 6.43. The summed E-state index contributed by atoms with van der Waals surface area (Å²) in [5.74, 6) is -0.0341. The molecule has 0 aromatic carbocycles. The van der Waals surface area contributed by atoms with E-state index >= 15 is 0 Å². The summed E-state index contributed by atoms with van der Waals surface area (Å²) in [5.41, 5.74) is 5.63. The quantitative estimate of drug-likeness (QED) is 0.781. The molecular weight excluding hydrogens is 278 g/mol. The molecular formula is C13H27N3O3S. The highest BCUT2D eigenvalue weighted by Gasteiger charge is 2.31. The maximum absolute atomic E-state index is 12.0. The molecule has 0 aromatic heterocycles. The molecule has 0 bridgehead atoms. The fraction of sp³-hybridized carbons (Fsp3) is 0.923. The largest absolute Gasteiger partial charge is 0.352 e. The smallest absolute Gasteiger partial charge is 0.237 e. The van der Waals surface area contributed by atoms with E-state index in [2.05, 4.69) is 5.32 Å². The van der Waals surface area contributed by atoms with Crippen molar-refractivity contribution in [3.05, 3.63) is 0 Å². The number of nitrogens with one attached hydrogen (secondary N) is 1. The maximum Gasteiger partial charge on any atom is 0.237 e. The van der Waals surface area contributed by atoms with Crippen molar-refractivity contribution in [1.29, 1.82) is 0 Å². The van der Waals surface area contributed by atoms with Crippen molar-refractivity contribution in [2.24, 2.45) is 11.1 Å². The molecule has 118 valence electrons. The Hall–Kier alpha value is -0.660. The second-order valence-corrected chi connectivity index (χ2v) is 8.68. The Kier molecular flexibility index (Phi) is 5.57. The van der Waals surface area contributed by atoms with Crippen LogP contribution in [0.4, 0.5) is 0 Å². The van der Waals surface area contributed by atoms with Crippen molar-refractivity contribution in [2.45, 2.75) is 52.6 Å². The minimum absolute atomic E-state index is 0.0132. The molecule has 1 aliphatic rings. The SMILES string of the molecule is CCS(=O)(=O)N1CCC(NC(=O)C(N)C(C)(C)C)CC1. The van der Waals surface area contributed by atoms with E-state index in [1.54, 1.807) is 6.92 Å². The molecule has 6 nitrogen and oxygen atoms in total. The standard InChI is InChI=1S/C13H27N3O3S/c1-5-20(18,19)16-8-6-10(7-9-16)15-12(17)11(14)13(2,3)4/h10-11H,5-9,14H2,1-4H3,(H,15,17). The summed E-state index contributed by atoms with van der Waals surface area (Å²) in [6, 6.07) is -0.542. The number of hydrogen-bond acceptors (Lipinski definition) is 4. The van der Waals surface area contributed by atoms with E-state index in [0.717, 1.165) is 0 Å². The number of piperidine rings is 1. The number of amides is 1. The van der Waals surface area contributed by atoms with Gasteiger partial charge in [0.1, 0.15) is 0 Å². The Morgan fingerprint density at radius 3 is 2.25 bits per heavy atom. The number of sulfonamides is 1. The molecule has 1 saturated heterocycles. The number of nitrogens with zero attached hydrogens (tertiary/aromatic N) is 1.